The Morgan fingerprint density at radius 1 is 0.938 bits per heavy atom. The third kappa shape index (κ3) is 11.1. The molecule has 0 fully saturated rings. The minimum atomic E-state index is -1.07. The lowest BCUT2D eigenvalue weighted by molar-refractivity contribution is -0.131. The molecule has 0 radical (unpaired) electrons. The average molecular weight is 228 g/mol. The van der Waals surface area contributed by atoms with Gasteiger partial charge < -0.3 is 10.2 Å². The zero-order valence-electron chi connectivity index (χ0n) is 10.2. The zero-order chi connectivity index (χ0) is 12.2. The Bertz CT molecular complexity index is 209. The number of hydrogen-bond donors (Lipinski definition) is 2. The predicted octanol–water partition coefficient (Wildman–Crippen LogP) is 4.04. The molecule has 0 aromatic rings. The summed E-state index contributed by atoms with van der Waals surface area (Å²) >= 11 is 0. The Hall–Kier alpha value is -0.990. The van der Waals surface area contributed by atoms with Crippen LogP contribution in [0.1, 0.15) is 64.7 Å². The molecule has 0 bridgehead atoms. The first-order chi connectivity index (χ1) is 7.66. The van der Waals surface area contributed by atoms with E-state index in [0.717, 1.165) is 18.9 Å². The number of aliphatic hydroxyl groups excluding tert-OH is 1. The number of aliphatic carboxylic acids is 1. The molecule has 0 aromatic heterocycles. The Kier molecular flexibility index (Phi) is 9.87. The summed E-state index contributed by atoms with van der Waals surface area (Å²) in [6.07, 6.45) is 11.0. The number of rotatable bonds is 10. The molecule has 0 aliphatic carbocycles. The van der Waals surface area contributed by atoms with Crippen LogP contribution in [0.15, 0.2) is 11.8 Å². The van der Waals surface area contributed by atoms with Gasteiger partial charge in [0.05, 0.1) is 11.8 Å². The largest absolute Gasteiger partial charge is 0.512 e. The van der Waals surface area contributed by atoms with Crippen molar-refractivity contribution < 1.29 is 15.0 Å². The van der Waals surface area contributed by atoms with E-state index >= 15 is 0 Å². The Labute approximate surface area is 98.2 Å². The molecule has 0 atom stereocenters. The Morgan fingerprint density at radius 3 is 1.94 bits per heavy atom. The van der Waals surface area contributed by atoms with E-state index in [4.69, 9.17) is 5.11 Å². The van der Waals surface area contributed by atoms with Gasteiger partial charge in [-0.3, -0.25) is 0 Å². The summed E-state index contributed by atoms with van der Waals surface area (Å²) < 4.78 is 0. The van der Waals surface area contributed by atoms with E-state index in [1.54, 1.807) is 0 Å². The van der Waals surface area contributed by atoms with Crippen molar-refractivity contribution in [3.63, 3.8) is 0 Å². The third-order valence-corrected chi connectivity index (χ3v) is 2.58. The maximum Gasteiger partial charge on any atom is 0.331 e. The van der Waals surface area contributed by atoms with E-state index in [2.05, 4.69) is 6.92 Å². The van der Waals surface area contributed by atoms with Crippen LogP contribution in [0.5, 0.6) is 0 Å². The molecule has 0 aliphatic rings. The second kappa shape index (κ2) is 10.5. The highest BCUT2D eigenvalue weighted by Gasteiger charge is 1.97. The van der Waals surface area contributed by atoms with Gasteiger partial charge in [-0.1, -0.05) is 51.9 Å². The summed E-state index contributed by atoms with van der Waals surface area (Å²) in [5.74, 6) is -1.09. The lowest BCUT2D eigenvalue weighted by Crippen LogP contribution is -1.92. The van der Waals surface area contributed by atoms with Crippen molar-refractivity contribution >= 4 is 5.97 Å². The van der Waals surface area contributed by atoms with Crippen molar-refractivity contribution in [1.82, 2.24) is 0 Å². The van der Waals surface area contributed by atoms with Crippen molar-refractivity contribution in [2.45, 2.75) is 64.7 Å². The van der Waals surface area contributed by atoms with Gasteiger partial charge in [-0.25, -0.2) is 4.79 Å². The highest BCUT2D eigenvalue weighted by atomic mass is 16.4. The van der Waals surface area contributed by atoms with Crippen molar-refractivity contribution in [2.75, 3.05) is 0 Å². The molecule has 0 saturated heterocycles. The van der Waals surface area contributed by atoms with Gasteiger partial charge >= 0.3 is 5.97 Å². The molecule has 0 saturated carbocycles. The summed E-state index contributed by atoms with van der Waals surface area (Å²) in [5, 5.41) is 17.5. The molecular formula is C13H24O3. The summed E-state index contributed by atoms with van der Waals surface area (Å²) in [6, 6.07) is 0. The van der Waals surface area contributed by atoms with E-state index in [0.29, 0.717) is 6.42 Å². The number of carbonyl (C=O) groups is 1. The highest BCUT2D eigenvalue weighted by molar-refractivity contribution is 5.80. The van der Waals surface area contributed by atoms with Gasteiger partial charge in [0.25, 0.3) is 0 Å². The van der Waals surface area contributed by atoms with Crippen LogP contribution in [0.4, 0.5) is 0 Å². The first-order valence-electron chi connectivity index (χ1n) is 6.29. The number of aliphatic hydroxyl groups is 1. The van der Waals surface area contributed by atoms with Crippen LogP contribution in [-0.4, -0.2) is 16.2 Å². The molecule has 16 heavy (non-hydrogen) atoms. The Morgan fingerprint density at radius 2 is 1.44 bits per heavy atom. The van der Waals surface area contributed by atoms with Gasteiger partial charge in [-0.15, -0.1) is 0 Å². The molecule has 0 rings (SSSR count). The standard InChI is InChI=1S/C13H24O3/c1-2-3-4-5-6-7-8-9-10-12(14)11-13(15)16/h11,14H,2-10H2,1H3,(H,15,16). The van der Waals surface area contributed by atoms with Gasteiger partial charge in [0.15, 0.2) is 0 Å². The quantitative estimate of drug-likeness (QED) is 0.337. The van der Waals surface area contributed by atoms with Crippen LogP contribution in [0, 0.1) is 0 Å². The molecule has 0 aromatic carbocycles. The number of hydrogen-bond acceptors (Lipinski definition) is 2. The molecule has 2 N–H and O–H groups in total. The van der Waals surface area contributed by atoms with Crippen LogP contribution < -0.4 is 0 Å². The number of unbranched alkanes of at least 4 members (excludes halogenated alkanes) is 7. The average Bonchev–Trinajstić information content (AvgIpc) is 2.21. The molecule has 0 heterocycles. The third-order valence-electron chi connectivity index (χ3n) is 2.58. The van der Waals surface area contributed by atoms with Crippen LogP contribution in [-0.2, 0) is 4.79 Å². The van der Waals surface area contributed by atoms with Crippen LogP contribution in [0.2, 0.25) is 0 Å². The Balaban J connectivity index is 3.24. The number of allylic oxidation sites excluding steroid dienone is 1. The first kappa shape index (κ1) is 15.0. The minimum absolute atomic E-state index is 0.0153. The molecule has 0 unspecified atom stereocenters. The summed E-state index contributed by atoms with van der Waals surface area (Å²) in [6.45, 7) is 2.21. The van der Waals surface area contributed by atoms with Gasteiger partial charge in [0.1, 0.15) is 0 Å². The van der Waals surface area contributed by atoms with Crippen molar-refractivity contribution in [3.8, 4) is 0 Å². The summed E-state index contributed by atoms with van der Waals surface area (Å²) in [5.41, 5.74) is 0. The molecule has 0 aliphatic heterocycles. The zero-order valence-corrected chi connectivity index (χ0v) is 10.2. The van der Waals surface area contributed by atoms with Crippen LogP contribution in [0.25, 0.3) is 0 Å². The van der Waals surface area contributed by atoms with Crippen molar-refractivity contribution in [1.29, 1.82) is 0 Å². The lowest BCUT2D eigenvalue weighted by atomic mass is 10.1. The fourth-order valence-electron chi connectivity index (χ4n) is 1.65. The van der Waals surface area contributed by atoms with E-state index < -0.39 is 5.97 Å². The summed E-state index contributed by atoms with van der Waals surface area (Å²) in [4.78, 5) is 10.2. The van der Waals surface area contributed by atoms with E-state index in [-0.39, 0.29) is 5.76 Å². The van der Waals surface area contributed by atoms with E-state index in [9.17, 15) is 9.90 Å². The number of carboxylic acid groups (broad SMARTS) is 1. The van der Waals surface area contributed by atoms with Gasteiger partial charge in [-0.05, 0) is 6.42 Å². The normalized spacial score (nSPS) is 11.7. The molecule has 0 amide bonds. The first-order valence-corrected chi connectivity index (χ1v) is 6.29. The number of carboxylic acids is 1. The fourth-order valence-corrected chi connectivity index (χ4v) is 1.65. The SMILES string of the molecule is CCCCCCCCCCC(O)=CC(=O)O. The maximum absolute atomic E-state index is 10.2. The van der Waals surface area contributed by atoms with E-state index in [1.807, 2.05) is 0 Å². The topological polar surface area (TPSA) is 57.5 Å². The molecule has 0 spiro atoms. The monoisotopic (exact) mass is 228 g/mol. The lowest BCUT2D eigenvalue weighted by Gasteiger charge is -2.01. The van der Waals surface area contributed by atoms with Crippen LogP contribution >= 0.6 is 0 Å². The molecular weight excluding hydrogens is 204 g/mol. The van der Waals surface area contributed by atoms with E-state index in [1.165, 1.54) is 38.5 Å². The van der Waals surface area contributed by atoms with Gasteiger partial charge in [-0.2, -0.15) is 0 Å². The second-order valence-corrected chi connectivity index (χ2v) is 4.20. The van der Waals surface area contributed by atoms with Crippen LogP contribution in [0.3, 0.4) is 0 Å². The van der Waals surface area contributed by atoms with Gasteiger partial charge in [0, 0.05) is 6.42 Å². The smallest absolute Gasteiger partial charge is 0.331 e. The summed E-state index contributed by atoms with van der Waals surface area (Å²) in [7, 11) is 0. The van der Waals surface area contributed by atoms with Crippen molar-refractivity contribution in [3.05, 3.63) is 11.8 Å². The second-order valence-electron chi connectivity index (χ2n) is 4.20. The highest BCUT2D eigenvalue weighted by Crippen LogP contribution is 2.11. The molecule has 94 valence electrons. The minimum Gasteiger partial charge on any atom is -0.512 e. The fraction of sp³-hybridized carbons (Fsp3) is 0.769. The predicted molar refractivity (Wildman–Crippen MR) is 65.6 cm³/mol. The molecule has 3 nitrogen and oxygen atoms in total. The van der Waals surface area contributed by atoms with Crippen molar-refractivity contribution in [2.24, 2.45) is 0 Å². The molecule has 3 heteroatoms. The maximum atomic E-state index is 10.2. The van der Waals surface area contributed by atoms with Gasteiger partial charge in [0.2, 0.25) is 0 Å².